The molecule has 0 saturated carbocycles. The zero-order valence-electron chi connectivity index (χ0n) is 1.67. The Labute approximate surface area is 47.4 Å². The molecule has 0 aromatic rings. The van der Waals surface area contributed by atoms with Gasteiger partial charge in [0.15, 0.2) is 0 Å². The molecule has 0 atom stereocenters. The van der Waals surface area contributed by atoms with Gasteiger partial charge >= 0.3 is 47.5 Å². The van der Waals surface area contributed by atoms with Gasteiger partial charge in [-0.1, -0.05) is 0 Å². The van der Waals surface area contributed by atoms with Crippen LogP contribution in [0, 0.1) is 0 Å². The number of hydrogen-bond acceptors (Lipinski definition) is 2. The van der Waals surface area contributed by atoms with Gasteiger partial charge in [0.2, 0.25) is 0 Å². The van der Waals surface area contributed by atoms with Crippen molar-refractivity contribution in [3.8, 4) is 0 Å². The van der Waals surface area contributed by atoms with Crippen molar-refractivity contribution in [3.63, 3.8) is 0 Å². The Morgan fingerprint density at radius 2 is 1.25 bits per heavy atom. The fraction of sp³-hybridized carbons (Fsp3) is 0. The van der Waals surface area contributed by atoms with Gasteiger partial charge in [-0.25, -0.2) is 0 Å². The van der Waals surface area contributed by atoms with Gasteiger partial charge in [-0.2, -0.15) is 0 Å². The van der Waals surface area contributed by atoms with Crippen LogP contribution in [0.4, 0.5) is 0 Å². The second kappa shape index (κ2) is 34.9. The second-order valence-electron chi connectivity index (χ2n) is 0. The zero-order valence-corrected chi connectivity index (χ0v) is 6.89. The Bertz CT molecular complexity index is 8.00. The third-order valence-corrected chi connectivity index (χ3v) is 0. The summed E-state index contributed by atoms with van der Waals surface area (Å²) in [7, 11) is 0. The Balaban J connectivity index is 0. The Morgan fingerprint density at radius 3 is 1.25 bits per heavy atom. The van der Waals surface area contributed by atoms with Crippen LogP contribution in [0.5, 0.6) is 0 Å². The van der Waals surface area contributed by atoms with E-state index in [4.69, 9.17) is 6.65 Å². The van der Waals surface area contributed by atoms with Crippen molar-refractivity contribution in [2.45, 2.75) is 0 Å². The van der Waals surface area contributed by atoms with Crippen molar-refractivity contribution in [1.82, 2.24) is 0 Å². The van der Waals surface area contributed by atoms with Crippen LogP contribution in [-0.4, -0.2) is 0 Å². The molecule has 0 aliphatic heterocycles. The third-order valence-electron chi connectivity index (χ3n) is 0. The molecule has 0 aromatic carbocycles. The van der Waals surface area contributed by atoms with E-state index in [9.17, 15) is 0 Å². The van der Waals surface area contributed by atoms with Gasteiger partial charge in [-0.15, -0.1) is 0 Å². The third kappa shape index (κ3) is 11.8. The molecule has 4 heteroatoms. The Hall–Kier alpha value is 1.03. The molecule has 0 saturated heterocycles. The second-order valence-corrected chi connectivity index (χ2v) is 0. The molecule has 0 N–H and O–H groups in total. The summed E-state index contributed by atoms with van der Waals surface area (Å²) >= 11 is 0.894. The molecule has 2 nitrogen and oxygen atoms in total. The van der Waals surface area contributed by atoms with Crippen LogP contribution in [0.1, 0.15) is 0 Å². The number of rotatable bonds is 0. The van der Waals surface area contributed by atoms with Crippen molar-refractivity contribution in [2.24, 2.45) is 0 Å². The molecule has 0 bridgehead atoms. The van der Waals surface area contributed by atoms with E-state index in [2.05, 4.69) is 0 Å². The first kappa shape index (κ1) is 8.90. The molecule has 0 spiro atoms. The van der Waals surface area contributed by atoms with E-state index in [1.54, 1.807) is 0 Å². The molecule has 0 rings (SSSR count). The van der Waals surface area contributed by atoms with Gasteiger partial charge in [0, 0.05) is 0 Å². The summed E-state index contributed by atoms with van der Waals surface area (Å²) in [4.78, 5) is 0. The normalized spacial score (nSPS) is 1.75. The van der Waals surface area contributed by atoms with E-state index in [0.29, 0.717) is 19.8 Å². The topological polar surface area (TPSA) is 34.1 Å². The van der Waals surface area contributed by atoms with E-state index in [0.717, 1.165) is 0 Å². The monoisotopic (exact) mass is 311 g/mol. The average molecular weight is 309 g/mol. The maximum absolute atomic E-state index is 8.36. The predicted molar refractivity (Wildman–Crippen MR) is 1.37 cm³/mol. The molecular formula is MoO2Ta. The van der Waals surface area contributed by atoms with Crippen molar-refractivity contribution in [1.29, 1.82) is 0 Å². The summed E-state index contributed by atoms with van der Waals surface area (Å²) in [5, 5.41) is 0. The fourth-order valence-corrected chi connectivity index (χ4v) is 0. The number of hydrogen-bond donors (Lipinski definition) is 0. The summed E-state index contributed by atoms with van der Waals surface area (Å²) in [5.41, 5.74) is 0. The molecule has 0 unspecified atom stereocenters. The van der Waals surface area contributed by atoms with Crippen LogP contribution >= 0.6 is 0 Å². The van der Waals surface area contributed by atoms with Crippen LogP contribution in [0.25, 0.3) is 0 Å². The van der Waals surface area contributed by atoms with Crippen molar-refractivity contribution >= 4 is 0 Å². The van der Waals surface area contributed by atoms with Gasteiger partial charge < -0.3 is 0 Å². The minimum absolute atomic E-state index is 0.194. The first-order valence-electron chi connectivity index (χ1n) is 0.349. The van der Waals surface area contributed by atoms with Crippen LogP contribution in [0.15, 0.2) is 0 Å². The van der Waals surface area contributed by atoms with Crippen LogP contribution < -0.4 is 0 Å². The van der Waals surface area contributed by atoms with E-state index < -0.39 is 0 Å². The molecule has 4 heavy (non-hydrogen) atoms. The van der Waals surface area contributed by atoms with Crippen LogP contribution in [-0.2, 0) is 47.5 Å². The molecule has 23 valence electrons. The molecule has 0 radical (unpaired) electrons. The predicted octanol–water partition coefficient (Wildman–Crippen LogP) is -0.243. The minimum atomic E-state index is 0.194. The molecular weight excluding hydrogens is 309 g/mol. The van der Waals surface area contributed by atoms with E-state index in [1.165, 1.54) is 0 Å². The van der Waals surface area contributed by atoms with E-state index in [-0.39, 0.29) is 21.0 Å². The summed E-state index contributed by atoms with van der Waals surface area (Å²) in [5.74, 6) is 0. The van der Waals surface area contributed by atoms with Crippen molar-refractivity contribution < 1.29 is 47.5 Å². The summed E-state index contributed by atoms with van der Waals surface area (Å²) in [6.45, 7) is 0. The quantitative estimate of drug-likeness (QED) is 0.579. The van der Waals surface area contributed by atoms with Crippen molar-refractivity contribution in [2.75, 3.05) is 0 Å². The first-order valence-corrected chi connectivity index (χ1v) is 2.48. The van der Waals surface area contributed by atoms with Crippen LogP contribution in [0.2, 0.25) is 0 Å². The van der Waals surface area contributed by atoms with E-state index >= 15 is 0 Å². The Kier molecular flexibility index (Phi) is 77.7. The van der Waals surface area contributed by atoms with Gasteiger partial charge in [0.05, 0.1) is 0 Å². The van der Waals surface area contributed by atoms with Crippen molar-refractivity contribution in [3.05, 3.63) is 0 Å². The molecule has 0 amide bonds. The average Bonchev–Trinajstić information content (AvgIpc) is 1.50. The SMILES string of the molecule is [O]=[Mo].[O]=[Ta]. The molecule has 0 aliphatic rings. The van der Waals surface area contributed by atoms with Gasteiger partial charge in [-0.3, -0.25) is 0 Å². The van der Waals surface area contributed by atoms with Crippen LogP contribution in [0.3, 0.4) is 0 Å². The molecule has 0 aromatic heterocycles. The molecule has 0 aliphatic carbocycles. The fourth-order valence-electron chi connectivity index (χ4n) is 0. The Morgan fingerprint density at radius 1 is 1.25 bits per heavy atom. The first-order chi connectivity index (χ1) is 2.00. The standard InChI is InChI=1S/Mo.2O.Ta. The summed E-state index contributed by atoms with van der Waals surface area (Å²) in [6, 6.07) is 0. The van der Waals surface area contributed by atoms with Gasteiger partial charge in [0.1, 0.15) is 0 Å². The zero-order chi connectivity index (χ0) is 4.00. The van der Waals surface area contributed by atoms with Gasteiger partial charge in [0.25, 0.3) is 0 Å². The summed E-state index contributed by atoms with van der Waals surface area (Å²) < 4.78 is 16.6. The summed E-state index contributed by atoms with van der Waals surface area (Å²) in [6.07, 6.45) is 0. The molecule has 0 heterocycles. The molecule has 0 fully saturated rings. The maximum atomic E-state index is 8.36. The van der Waals surface area contributed by atoms with E-state index in [1.807, 2.05) is 0 Å². The van der Waals surface area contributed by atoms with Gasteiger partial charge in [-0.05, 0) is 0 Å².